The van der Waals surface area contributed by atoms with Crippen LogP contribution in [0.25, 0.3) is 0 Å². The van der Waals surface area contributed by atoms with Crippen LogP contribution >= 0.6 is 0 Å². The lowest BCUT2D eigenvalue weighted by Crippen LogP contribution is -2.30. The summed E-state index contributed by atoms with van der Waals surface area (Å²) in [6.45, 7) is 2.05. The minimum Gasteiger partial charge on any atom is -0.494 e. The van der Waals surface area contributed by atoms with E-state index in [1.807, 2.05) is 13.0 Å². The molecule has 0 bridgehead atoms. The fourth-order valence-corrected chi connectivity index (χ4v) is 2.57. The zero-order valence-electron chi connectivity index (χ0n) is 10.9. The van der Waals surface area contributed by atoms with Crippen LogP contribution in [0.4, 0.5) is 4.39 Å². The molecule has 3 atom stereocenters. The van der Waals surface area contributed by atoms with Crippen LogP contribution in [-0.2, 0) is 0 Å². The van der Waals surface area contributed by atoms with Gasteiger partial charge in [0.05, 0.1) is 7.11 Å². The van der Waals surface area contributed by atoms with Crippen molar-refractivity contribution in [2.75, 3.05) is 7.11 Å². The third-order valence-electron chi connectivity index (χ3n) is 3.63. The molecule has 0 radical (unpaired) electrons. The van der Waals surface area contributed by atoms with Gasteiger partial charge in [-0.15, -0.1) is 0 Å². The van der Waals surface area contributed by atoms with Crippen molar-refractivity contribution in [3.8, 4) is 5.75 Å². The zero-order chi connectivity index (χ0) is 13.1. The molecule has 100 valence electrons. The van der Waals surface area contributed by atoms with Gasteiger partial charge in [0, 0.05) is 18.1 Å². The summed E-state index contributed by atoms with van der Waals surface area (Å²) < 4.78 is 18.5. The lowest BCUT2D eigenvalue weighted by atomic mass is 10.1. The van der Waals surface area contributed by atoms with Crippen molar-refractivity contribution >= 4 is 0 Å². The molecule has 3 N–H and O–H groups in total. The Kier molecular flexibility index (Phi) is 4.19. The maximum atomic E-state index is 13.6. The fraction of sp³-hybridized carbons (Fsp3) is 0.571. The minimum atomic E-state index is -0.313. The van der Waals surface area contributed by atoms with Gasteiger partial charge in [-0.25, -0.2) is 4.39 Å². The smallest absolute Gasteiger partial charge is 0.165 e. The summed E-state index contributed by atoms with van der Waals surface area (Å²) in [4.78, 5) is 0. The topological polar surface area (TPSA) is 47.3 Å². The second-order valence-electron chi connectivity index (χ2n) is 5.05. The zero-order valence-corrected chi connectivity index (χ0v) is 10.9. The van der Waals surface area contributed by atoms with E-state index in [0.717, 1.165) is 24.8 Å². The maximum absolute atomic E-state index is 13.6. The Morgan fingerprint density at radius 3 is 2.78 bits per heavy atom. The van der Waals surface area contributed by atoms with Crippen molar-refractivity contribution in [1.29, 1.82) is 0 Å². The molecule has 1 aromatic rings. The van der Waals surface area contributed by atoms with Crippen LogP contribution < -0.4 is 15.8 Å². The average Bonchev–Trinajstić information content (AvgIpc) is 2.74. The Hall–Kier alpha value is -1.13. The van der Waals surface area contributed by atoms with Gasteiger partial charge in [0.25, 0.3) is 0 Å². The summed E-state index contributed by atoms with van der Waals surface area (Å²) in [5.41, 5.74) is 6.82. The Labute approximate surface area is 108 Å². The van der Waals surface area contributed by atoms with Gasteiger partial charge >= 0.3 is 0 Å². The highest BCUT2D eigenvalue weighted by atomic mass is 19.1. The summed E-state index contributed by atoms with van der Waals surface area (Å²) in [6.07, 6.45) is 3.18. The largest absolute Gasteiger partial charge is 0.494 e. The number of ether oxygens (including phenoxy) is 1. The van der Waals surface area contributed by atoms with Crippen molar-refractivity contribution < 1.29 is 9.13 Å². The Morgan fingerprint density at radius 2 is 2.22 bits per heavy atom. The van der Waals surface area contributed by atoms with E-state index < -0.39 is 0 Å². The Morgan fingerprint density at radius 1 is 1.44 bits per heavy atom. The molecule has 3 nitrogen and oxygen atoms in total. The lowest BCUT2D eigenvalue weighted by molar-refractivity contribution is 0.385. The molecule has 1 aliphatic carbocycles. The number of nitrogens with two attached hydrogens (primary N) is 1. The van der Waals surface area contributed by atoms with Crippen LogP contribution in [-0.4, -0.2) is 19.2 Å². The summed E-state index contributed by atoms with van der Waals surface area (Å²) in [7, 11) is 1.47. The molecule has 3 unspecified atom stereocenters. The van der Waals surface area contributed by atoms with Crippen molar-refractivity contribution in [1.82, 2.24) is 5.32 Å². The molecule has 0 aromatic heterocycles. The third kappa shape index (κ3) is 3.00. The number of benzene rings is 1. The van der Waals surface area contributed by atoms with E-state index in [4.69, 9.17) is 10.5 Å². The summed E-state index contributed by atoms with van der Waals surface area (Å²) >= 11 is 0. The highest BCUT2D eigenvalue weighted by Gasteiger charge is 2.23. The van der Waals surface area contributed by atoms with Crippen LogP contribution in [0, 0.1) is 5.82 Å². The van der Waals surface area contributed by atoms with Crippen molar-refractivity contribution in [2.24, 2.45) is 5.73 Å². The molecule has 0 saturated heterocycles. The number of hydrogen-bond donors (Lipinski definition) is 2. The first kappa shape index (κ1) is 13.3. The van der Waals surface area contributed by atoms with E-state index in [0.29, 0.717) is 12.1 Å². The summed E-state index contributed by atoms with van der Waals surface area (Å²) in [5, 5.41) is 3.50. The molecule has 1 saturated carbocycles. The van der Waals surface area contributed by atoms with Gasteiger partial charge in [-0.2, -0.15) is 0 Å². The standard InChI is InChI=1S/C14H21FN2O/c1-9(17-12-5-4-11(16)8-12)10-3-6-14(18-2)13(15)7-10/h3,6-7,9,11-12,17H,4-5,8,16H2,1-2H3. The molecule has 1 fully saturated rings. The molecule has 4 heteroatoms. The minimum absolute atomic E-state index is 0.126. The molecule has 18 heavy (non-hydrogen) atoms. The number of methoxy groups -OCH3 is 1. The highest BCUT2D eigenvalue weighted by Crippen LogP contribution is 2.24. The van der Waals surface area contributed by atoms with Gasteiger partial charge < -0.3 is 15.8 Å². The highest BCUT2D eigenvalue weighted by molar-refractivity contribution is 5.30. The normalized spacial score (nSPS) is 25.1. The van der Waals surface area contributed by atoms with Gasteiger partial charge in [-0.3, -0.25) is 0 Å². The summed E-state index contributed by atoms with van der Waals surface area (Å²) in [5.74, 6) is -0.0272. The van der Waals surface area contributed by atoms with E-state index in [1.165, 1.54) is 13.2 Å². The second-order valence-corrected chi connectivity index (χ2v) is 5.05. The van der Waals surface area contributed by atoms with E-state index in [2.05, 4.69) is 5.32 Å². The van der Waals surface area contributed by atoms with Gasteiger partial charge in [0.1, 0.15) is 0 Å². The van der Waals surface area contributed by atoms with Crippen molar-refractivity contribution in [3.05, 3.63) is 29.6 Å². The molecule has 2 rings (SSSR count). The lowest BCUT2D eigenvalue weighted by Gasteiger charge is -2.20. The number of halogens is 1. The monoisotopic (exact) mass is 252 g/mol. The number of rotatable bonds is 4. The van der Waals surface area contributed by atoms with E-state index in [-0.39, 0.29) is 17.6 Å². The van der Waals surface area contributed by atoms with Gasteiger partial charge in [-0.05, 0) is 43.9 Å². The molecular formula is C14H21FN2O. The van der Waals surface area contributed by atoms with Gasteiger partial charge in [-0.1, -0.05) is 6.07 Å². The number of hydrogen-bond acceptors (Lipinski definition) is 3. The Bertz CT molecular complexity index is 411. The maximum Gasteiger partial charge on any atom is 0.165 e. The quantitative estimate of drug-likeness (QED) is 0.865. The van der Waals surface area contributed by atoms with E-state index >= 15 is 0 Å². The molecule has 1 aliphatic rings. The third-order valence-corrected chi connectivity index (χ3v) is 3.63. The molecule has 0 amide bonds. The van der Waals surface area contributed by atoms with Crippen molar-refractivity contribution in [2.45, 2.75) is 44.3 Å². The van der Waals surface area contributed by atoms with Crippen LogP contribution in [0.3, 0.4) is 0 Å². The first-order chi connectivity index (χ1) is 8.60. The molecule has 1 aromatic carbocycles. The molecular weight excluding hydrogens is 231 g/mol. The predicted octanol–water partition coefficient (Wildman–Crippen LogP) is 2.36. The van der Waals surface area contributed by atoms with E-state index in [9.17, 15) is 4.39 Å². The molecule has 0 heterocycles. The van der Waals surface area contributed by atoms with Crippen molar-refractivity contribution in [3.63, 3.8) is 0 Å². The second kappa shape index (κ2) is 5.67. The van der Waals surface area contributed by atoms with E-state index in [1.54, 1.807) is 6.07 Å². The Balaban J connectivity index is 2.00. The summed E-state index contributed by atoms with van der Waals surface area (Å²) in [6, 6.07) is 5.98. The molecule has 0 aliphatic heterocycles. The van der Waals surface area contributed by atoms with Crippen LogP contribution in [0.2, 0.25) is 0 Å². The first-order valence-electron chi connectivity index (χ1n) is 6.45. The SMILES string of the molecule is COc1ccc(C(C)NC2CCC(N)C2)cc1F. The van der Waals surface area contributed by atoms with Gasteiger partial charge in [0.15, 0.2) is 11.6 Å². The fourth-order valence-electron chi connectivity index (χ4n) is 2.57. The van der Waals surface area contributed by atoms with Crippen LogP contribution in [0.5, 0.6) is 5.75 Å². The number of nitrogens with one attached hydrogen (secondary N) is 1. The first-order valence-corrected chi connectivity index (χ1v) is 6.45. The van der Waals surface area contributed by atoms with Gasteiger partial charge in [0.2, 0.25) is 0 Å². The van der Waals surface area contributed by atoms with Crippen LogP contribution in [0.1, 0.15) is 37.8 Å². The predicted molar refractivity (Wildman–Crippen MR) is 70.1 cm³/mol. The van der Waals surface area contributed by atoms with Crippen LogP contribution in [0.15, 0.2) is 18.2 Å². The average molecular weight is 252 g/mol. The molecule has 0 spiro atoms.